The van der Waals surface area contributed by atoms with Gasteiger partial charge in [-0.15, -0.1) is 0 Å². The zero-order valence-corrected chi connectivity index (χ0v) is 14.4. The average Bonchev–Trinajstić information content (AvgIpc) is 2.59. The van der Waals surface area contributed by atoms with Crippen LogP contribution in [0, 0.1) is 11.8 Å². The molecule has 0 spiro atoms. The van der Waals surface area contributed by atoms with Crippen LogP contribution in [0.3, 0.4) is 0 Å². The van der Waals surface area contributed by atoms with Crippen LogP contribution < -0.4 is 4.74 Å². The number of hydrogen-bond acceptors (Lipinski definition) is 5. The van der Waals surface area contributed by atoms with Crippen LogP contribution in [0.2, 0.25) is 0 Å². The van der Waals surface area contributed by atoms with Crippen molar-refractivity contribution in [3.63, 3.8) is 0 Å². The quantitative estimate of drug-likeness (QED) is 0.781. The summed E-state index contributed by atoms with van der Waals surface area (Å²) >= 11 is 0. The van der Waals surface area contributed by atoms with E-state index in [-0.39, 0.29) is 24.2 Å². The second-order valence-electron chi connectivity index (χ2n) is 6.18. The molecule has 0 aromatic heterocycles. The topological polar surface area (TPSA) is 57.2 Å². The van der Waals surface area contributed by atoms with Crippen molar-refractivity contribution in [1.29, 1.82) is 0 Å². The van der Waals surface area contributed by atoms with Gasteiger partial charge in [0.25, 0.3) is 0 Å². The third kappa shape index (κ3) is 4.67. The zero-order chi connectivity index (χ0) is 16.8. The minimum absolute atomic E-state index is 0.0218. The number of aliphatic hydroxyl groups excluding tert-OH is 1. The molecule has 5 heteroatoms. The molecule has 1 fully saturated rings. The number of methoxy groups -OCH3 is 2. The second kappa shape index (κ2) is 8.64. The molecule has 1 aromatic carbocycles. The van der Waals surface area contributed by atoms with Gasteiger partial charge >= 0.3 is 0 Å². The Kier molecular flexibility index (Phi) is 6.84. The van der Waals surface area contributed by atoms with Gasteiger partial charge in [0.1, 0.15) is 5.75 Å². The smallest absolute Gasteiger partial charge is 0.162 e. The average molecular weight is 324 g/mol. The van der Waals surface area contributed by atoms with Crippen LogP contribution in [0.1, 0.15) is 25.8 Å². The summed E-state index contributed by atoms with van der Waals surface area (Å²) in [6, 6.07) is 7.83. The number of hydrogen-bond donors (Lipinski definition) is 1. The van der Waals surface area contributed by atoms with Gasteiger partial charge in [-0.3, -0.25) is 0 Å². The predicted octanol–water partition coefficient (Wildman–Crippen LogP) is 2.61. The number of rotatable bonds is 7. The van der Waals surface area contributed by atoms with Crippen molar-refractivity contribution in [2.45, 2.75) is 45.4 Å². The Balaban J connectivity index is 1.76. The Labute approximate surface area is 138 Å². The van der Waals surface area contributed by atoms with E-state index in [4.69, 9.17) is 18.9 Å². The van der Waals surface area contributed by atoms with Crippen LogP contribution >= 0.6 is 0 Å². The Bertz CT molecular complexity index is 459. The van der Waals surface area contributed by atoms with Crippen molar-refractivity contribution in [2.75, 3.05) is 20.8 Å². The first kappa shape index (κ1) is 18.2. The van der Waals surface area contributed by atoms with Crippen molar-refractivity contribution in [3.8, 4) is 5.75 Å². The number of aliphatic hydroxyl groups is 1. The first-order valence-electron chi connectivity index (χ1n) is 8.13. The SMILES string of the molecule is COc1ccc(COCC[C@H]2O[C@@H](OC)[C@H](C)[C@H](O)[C@H]2C)cc1. The molecule has 0 bridgehead atoms. The highest BCUT2D eigenvalue weighted by atomic mass is 16.7. The van der Waals surface area contributed by atoms with E-state index in [1.54, 1.807) is 14.2 Å². The van der Waals surface area contributed by atoms with Crippen molar-refractivity contribution < 1.29 is 24.1 Å². The van der Waals surface area contributed by atoms with Crippen LogP contribution in [0.15, 0.2) is 24.3 Å². The zero-order valence-electron chi connectivity index (χ0n) is 14.4. The number of benzene rings is 1. The molecule has 1 heterocycles. The van der Waals surface area contributed by atoms with E-state index in [1.807, 2.05) is 38.1 Å². The first-order chi connectivity index (χ1) is 11.1. The maximum atomic E-state index is 10.3. The molecule has 2 rings (SSSR count). The van der Waals surface area contributed by atoms with Gasteiger partial charge in [0.2, 0.25) is 0 Å². The summed E-state index contributed by atoms with van der Waals surface area (Å²) in [5.74, 6) is 0.888. The highest BCUT2D eigenvalue weighted by molar-refractivity contribution is 5.26. The predicted molar refractivity (Wildman–Crippen MR) is 87.3 cm³/mol. The van der Waals surface area contributed by atoms with E-state index < -0.39 is 6.10 Å². The lowest BCUT2D eigenvalue weighted by molar-refractivity contribution is -0.255. The fourth-order valence-electron chi connectivity index (χ4n) is 2.99. The maximum Gasteiger partial charge on any atom is 0.162 e. The molecule has 1 aliphatic rings. The van der Waals surface area contributed by atoms with Crippen molar-refractivity contribution in [3.05, 3.63) is 29.8 Å². The van der Waals surface area contributed by atoms with E-state index in [2.05, 4.69) is 0 Å². The van der Waals surface area contributed by atoms with Gasteiger partial charge < -0.3 is 24.1 Å². The Hall–Kier alpha value is -1.14. The molecule has 0 aliphatic carbocycles. The van der Waals surface area contributed by atoms with Crippen molar-refractivity contribution in [1.82, 2.24) is 0 Å². The Morgan fingerprint density at radius 1 is 1.09 bits per heavy atom. The minimum Gasteiger partial charge on any atom is -0.497 e. The summed E-state index contributed by atoms with van der Waals surface area (Å²) in [6.07, 6.45) is -0.0869. The molecule has 130 valence electrons. The molecule has 1 N–H and O–H groups in total. The molecule has 0 radical (unpaired) electrons. The van der Waals surface area contributed by atoms with Gasteiger partial charge in [-0.2, -0.15) is 0 Å². The first-order valence-corrected chi connectivity index (χ1v) is 8.13. The summed E-state index contributed by atoms with van der Waals surface area (Å²) in [6.45, 7) is 5.10. The lowest BCUT2D eigenvalue weighted by Gasteiger charge is -2.41. The molecule has 1 aliphatic heterocycles. The fraction of sp³-hybridized carbons (Fsp3) is 0.667. The van der Waals surface area contributed by atoms with E-state index >= 15 is 0 Å². The van der Waals surface area contributed by atoms with E-state index in [9.17, 15) is 5.11 Å². The van der Waals surface area contributed by atoms with Crippen LogP contribution in [0.5, 0.6) is 5.75 Å². The van der Waals surface area contributed by atoms with Gasteiger partial charge in [-0.1, -0.05) is 26.0 Å². The van der Waals surface area contributed by atoms with Crippen molar-refractivity contribution >= 4 is 0 Å². The number of ether oxygens (including phenoxy) is 4. The van der Waals surface area contributed by atoms with E-state index in [1.165, 1.54) is 0 Å². The summed E-state index contributed by atoms with van der Waals surface area (Å²) in [7, 11) is 3.26. The van der Waals surface area contributed by atoms with E-state index in [0.29, 0.717) is 13.2 Å². The summed E-state index contributed by atoms with van der Waals surface area (Å²) < 4.78 is 22.1. The lowest BCUT2D eigenvalue weighted by atomic mass is 9.85. The molecule has 1 saturated heterocycles. The van der Waals surface area contributed by atoms with Crippen molar-refractivity contribution in [2.24, 2.45) is 11.8 Å². The summed E-state index contributed by atoms with van der Waals surface area (Å²) in [4.78, 5) is 0. The third-order valence-electron chi connectivity index (χ3n) is 4.61. The Morgan fingerprint density at radius 3 is 2.39 bits per heavy atom. The van der Waals surface area contributed by atoms with Crippen LogP contribution in [0.25, 0.3) is 0 Å². The molecule has 23 heavy (non-hydrogen) atoms. The van der Waals surface area contributed by atoms with E-state index in [0.717, 1.165) is 17.7 Å². The monoisotopic (exact) mass is 324 g/mol. The van der Waals surface area contributed by atoms with Gasteiger partial charge in [0, 0.05) is 25.6 Å². The van der Waals surface area contributed by atoms with Crippen LogP contribution in [-0.4, -0.2) is 44.4 Å². The minimum atomic E-state index is -0.416. The molecule has 5 atom stereocenters. The highest BCUT2D eigenvalue weighted by Gasteiger charge is 2.40. The van der Waals surface area contributed by atoms with Gasteiger partial charge in [-0.25, -0.2) is 0 Å². The van der Waals surface area contributed by atoms with Gasteiger partial charge in [0.15, 0.2) is 6.29 Å². The molecular weight excluding hydrogens is 296 g/mol. The van der Waals surface area contributed by atoms with Crippen LogP contribution in [-0.2, 0) is 20.8 Å². The molecule has 1 aromatic rings. The Morgan fingerprint density at radius 2 is 1.78 bits per heavy atom. The third-order valence-corrected chi connectivity index (χ3v) is 4.61. The molecule has 0 unspecified atom stereocenters. The van der Waals surface area contributed by atoms with Gasteiger partial charge in [0.05, 0.1) is 25.9 Å². The summed E-state index contributed by atoms with van der Waals surface area (Å²) in [5, 5.41) is 10.3. The molecular formula is C18H28O5. The molecule has 5 nitrogen and oxygen atoms in total. The summed E-state index contributed by atoms with van der Waals surface area (Å²) in [5.41, 5.74) is 1.10. The normalized spacial score (nSPS) is 31.1. The lowest BCUT2D eigenvalue weighted by Crippen LogP contribution is -2.49. The van der Waals surface area contributed by atoms with Crippen LogP contribution in [0.4, 0.5) is 0 Å². The maximum absolute atomic E-state index is 10.3. The second-order valence-corrected chi connectivity index (χ2v) is 6.18. The highest BCUT2D eigenvalue weighted by Crippen LogP contribution is 2.31. The molecule has 0 saturated carbocycles. The fourth-order valence-corrected chi connectivity index (χ4v) is 2.99. The largest absolute Gasteiger partial charge is 0.497 e. The van der Waals surface area contributed by atoms with Gasteiger partial charge in [-0.05, 0) is 24.1 Å². The standard InChI is InChI=1S/C18H28O5/c1-12-16(23-18(21-4)13(2)17(12)19)9-10-22-11-14-5-7-15(20-3)8-6-14/h5-8,12-13,16-19H,9-11H2,1-4H3/t12-,13+,16+,17+,18+/m0/s1. The molecule has 0 amide bonds.